The molecule has 1 aromatic rings. The Morgan fingerprint density at radius 3 is 2.95 bits per heavy atom. The maximum absolute atomic E-state index is 4.45. The van der Waals surface area contributed by atoms with E-state index in [1.54, 1.807) is 0 Å². The van der Waals surface area contributed by atoms with Crippen molar-refractivity contribution in [2.24, 2.45) is 10.9 Å². The zero-order valence-electron chi connectivity index (χ0n) is 14.1. The predicted molar refractivity (Wildman–Crippen MR) is 94.8 cm³/mol. The molecule has 0 spiro atoms. The summed E-state index contributed by atoms with van der Waals surface area (Å²) in [4.78, 5) is 12.6. The molecule has 0 saturated carbocycles. The van der Waals surface area contributed by atoms with Gasteiger partial charge in [0.15, 0.2) is 5.96 Å². The van der Waals surface area contributed by atoms with Gasteiger partial charge in [-0.3, -0.25) is 4.99 Å². The lowest BCUT2D eigenvalue weighted by Crippen LogP contribution is -2.41. The number of aliphatic imine (C=N–C) groups is 1. The summed E-state index contributed by atoms with van der Waals surface area (Å²) in [5, 5.41) is 8.04. The Morgan fingerprint density at radius 2 is 2.32 bits per heavy atom. The summed E-state index contributed by atoms with van der Waals surface area (Å²) in [6, 6.07) is 0. The van der Waals surface area contributed by atoms with Crippen molar-refractivity contribution in [2.45, 2.75) is 33.1 Å². The lowest BCUT2D eigenvalue weighted by Gasteiger charge is -2.16. The van der Waals surface area contributed by atoms with Gasteiger partial charge < -0.3 is 15.5 Å². The van der Waals surface area contributed by atoms with Crippen molar-refractivity contribution in [3.63, 3.8) is 0 Å². The Morgan fingerprint density at radius 1 is 1.45 bits per heavy atom. The van der Waals surface area contributed by atoms with Crippen LogP contribution in [0.3, 0.4) is 0 Å². The van der Waals surface area contributed by atoms with E-state index < -0.39 is 0 Å². The van der Waals surface area contributed by atoms with Crippen LogP contribution in [0.5, 0.6) is 0 Å². The molecule has 0 aliphatic carbocycles. The van der Waals surface area contributed by atoms with Gasteiger partial charge in [-0.2, -0.15) is 0 Å². The average molecular weight is 324 g/mol. The van der Waals surface area contributed by atoms with Gasteiger partial charge in [-0.25, -0.2) is 4.98 Å². The van der Waals surface area contributed by atoms with Gasteiger partial charge in [-0.1, -0.05) is 13.8 Å². The number of guanidine groups is 1. The molecule has 124 valence electrons. The normalized spacial score (nSPS) is 19.6. The molecule has 22 heavy (non-hydrogen) atoms. The molecular weight excluding hydrogens is 294 g/mol. The van der Waals surface area contributed by atoms with Crippen LogP contribution in [0, 0.1) is 5.92 Å². The second-order valence-electron chi connectivity index (χ2n) is 5.75. The quantitative estimate of drug-likeness (QED) is 0.593. The fourth-order valence-corrected chi connectivity index (χ4v) is 3.61. The standard InChI is InChI=1S/C16H29N5S/c1-4-14-11-19-15(22-14)6-8-18-16(17-3)20-10-13-7-9-21(5-2)12-13/h11,13H,4-10,12H2,1-3H3,(H2,17,18,20). The van der Waals surface area contributed by atoms with Gasteiger partial charge in [0.25, 0.3) is 0 Å². The Kier molecular flexibility index (Phi) is 7.12. The predicted octanol–water partition coefficient (Wildman–Crippen LogP) is 1.75. The Bertz CT molecular complexity index is 471. The van der Waals surface area contributed by atoms with Crippen LogP contribution in [0.15, 0.2) is 11.2 Å². The zero-order valence-corrected chi connectivity index (χ0v) is 14.9. The highest BCUT2D eigenvalue weighted by Gasteiger charge is 2.20. The van der Waals surface area contributed by atoms with Gasteiger partial charge in [-0.15, -0.1) is 11.3 Å². The van der Waals surface area contributed by atoms with Crippen LogP contribution in [0.25, 0.3) is 0 Å². The van der Waals surface area contributed by atoms with Gasteiger partial charge in [0.1, 0.15) is 0 Å². The number of hydrogen-bond acceptors (Lipinski definition) is 4. The number of aromatic nitrogens is 1. The van der Waals surface area contributed by atoms with Crippen LogP contribution in [0.2, 0.25) is 0 Å². The first-order valence-electron chi connectivity index (χ1n) is 8.35. The fourth-order valence-electron chi connectivity index (χ4n) is 2.74. The lowest BCUT2D eigenvalue weighted by atomic mass is 10.1. The van der Waals surface area contributed by atoms with Crippen LogP contribution in [-0.2, 0) is 12.8 Å². The molecule has 1 aromatic heterocycles. The van der Waals surface area contributed by atoms with Crippen molar-refractivity contribution in [1.29, 1.82) is 0 Å². The number of nitrogens with one attached hydrogen (secondary N) is 2. The Hall–Kier alpha value is -1.14. The topological polar surface area (TPSA) is 52.6 Å². The molecule has 1 saturated heterocycles. The molecule has 0 radical (unpaired) electrons. The van der Waals surface area contributed by atoms with E-state index in [0.29, 0.717) is 0 Å². The Balaban J connectivity index is 1.65. The molecule has 1 unspecified atom stereocenters. The fraction of sp³-hybridized carbons (Fsp3) is 0.750. The highest BCUT2D eigenvalue weighted by molar-refractivity contribution is 7.11. The summed E-state index contributed by atoms with van der Waals surface area (Å²) in [6.07, 6.45) is 5.31. The maximum atomic E-state index is 4.45. The van der Waals surface area contributed by atoms with Crippen molar-refractivity contribution in [1.82, 2.24) is 20.5 Å². The molecule has 0 aromatic carbocycles. The summed E-state index contributed by atoms with van der Waals surface area (Å²) in [5.74, 6) is 1.65. The van der Waals surface area contributed by atoms with Crippen LogP contribution in [-0.4, -0.2) is 55.6 Å². The maximum Gasteiger partial charge on any atom is 0.191 e. The first kappa shape index (κ1) is 17.2. The van der Waals surface area contributed by atoms with Gasteiger partial charge >= 0.3 is 0 Å². The smallest absolute Gasteiger partial charge is 0.191 e. The van der Waals surface area contributed by atoms with Crippen LogP contribution >= 0.6 is 11.3 Å². The molecule has 1 aliphatic heterocycles. The van der Waals surface area contributed by atoms with Crippen molar-refractivity contribution >= 4 is 17.3 Å². The van der Waals surface area contributed by atoms with Crippen molar-refractivity contribution in [3.05, 3.63) is 16.1 Å². The number of aryl methyl sites for hydroxylation is 1. The molecule has 1 fully saturated rings. The summed E-state index contributed by atoms with van der Waals surface area (Å²) >= 11 is 1.81. The minimum absolute atomic E-state index is 0.740. The molecule has 1 aliphatic rings. The van der Waals surface area contributed by atoms with Crippen molar-refractivity contribution in [3.8, 4) is 0 Å². The molecule has 5 nitrogen and oxygen atoms in total. The third-order valence-corrected chi connectivity index (χ3v) is 5.38. The summed E-state index contributed by atoms with van der Waals surface area (Å²) in [7, 11) is 1.83. The molecular formula is C16H29N5S. The van der Waals surface area contributed by atoms with E-state index >= 15 is 0 Å². The first-order valence-corrected chi connectivity index (χ1v) is 9.17. The van der Waals surface area contributed by atoms with Crippen LogP contribution in [0.1, 0.15) is 30.2 Å². The molecule has 0 amide bonds. The third kappa shape index (κ3) is 5.25. The number of rotatable bonds is 7. The highest BCUT2D eigenvalue weighted by atomic mass is 32.1. The van der Waals surface area contributed by atoms with E-state index in [2.05, 4.69) is 39.4 Å². The first-order chi connectivity index (χ1) is 10.7. The van der Waals surface area contributed by atoms with Crippen molar-refractivity contribution < 1.29 is 0 Å². The number of likely N-dealkylation sites (tertiary alicyclic amines) is 1. The lowest BCUT2D eigenvalue weighted by molar-refractivity contribution is 0.342. The summed E-state index contributed by atoms with van der Waals surface area (Å²) in [5.41, 5.74) is 0. The van der Waals surface area contributed by atoms with E-state index in [0.717, 1.165) is 44.4 Å². The van der Waals surface area contributed by atoms with E-state index in [4.69, 9.17) is 0 Å². The number of thiazole rings is 1. The van der Waals surface area contributed by atoms with Gasteiger partial charge in [0, 0.05) is 44.2 Å². The van der Waals surface area contributed by atoms with E-state index in [1.807, 2.05) is 24.6 Å². The SMILES string of the molecule is CCc1cnc(CCNC(=NC)NCC2CCN(CC)C2)s1. The molecule has 2 heterocycles. The number of nitrogens with zero attached hydrogens (tertiary/aromatic N) is 3. The van der Waals surface area contributed by atoms with E-state index in [9.17, 15) is 0 Å². The molecule has 6 heteroatoms. The third-order valence-electron chi connectivity index (χ3n) is 4.18. The second kappa shape index (κ2) is 9.10. The Labute approximate surface area is 138 Å². The van der Waals surface area contributed by atoms with Gasteiger partial charge in [0.2, 0.25) is 0 Å². The molecule has 0 bridgehead atoms. The van der Waals surface area contributed by atoms with Crippen LogP contribution < -0.4 is 10.6 Å². The number of hydrogen-bond donors (Lipinski definition) is 2. The van der Waals surface area contributed by atoms with Gasteiger partial charge in [0.05, 0.1) is 5.01 Å². The van der Waals surface area contributed by atoms with Gasteiger partial charge in [-0.05, 0) is 31.8 Å². The van der Waals surface area contributed by atoms with E-state index in [-0.39, 0.29) is 0 Å². The summed E-state index contributed by atoms with van der Waals surface area (Å²) in [6.45, 7) is 9.90. The highest BCUT2D eigenvalue weighted by Crippen LogP contribution is 2.14. The average Bonchev–Trinajstić information content (AvgIpc) is 3.19. The summed E-state index contributed by atoms with van der Waals surface area (Å²) < 4.78 is 0. The van der Waals surface area contributed by atoms with E-state index in [1.165, 1.54) is 29.4 Å². The monoisotopic (exact) mass is 323 g/mol. The van der Waals surface area contributed by atoms with Crippen molar-refractivity contribution in [2.75, 3.05) is 39.8 Å². The zero-order chi connectivity index (χ0) is 15.8. The van der Waals surface area contributed by atoms with Crippen LogP contribution in [0.4, 0.5) is 0 Å². The molecule has 2 rings (SSSR count). The minimum atomic E-state index is 0.740. The molecule has 2 N–H and O–H groups in total. The second-order valence-corrected chi connectivity index (χ2v) is 6.95. The minimum Gasteiger partial charge on any atom is -0.356 e. The largest absolute Gasteiger partial charge is 0.356 e. The molecule has 1 atom stereocenters.